The maximum absolute atomic E-state index is 14.1. The molecule has 10 heteroatoms. The van der Waals surface area contributed by atoms with Crippen molar-refractivity contribution in [1.82, 2.24) is 19.8 Å². The predicted molar refractivity (Wildman–Crippen MR) is 124 cm³/mol. The number of fused-ring (bicyclic) bond motifs is 2. The average molecular weight is 488 g/mol. The molecular weight excluding hydrogens is 461 g/mol. The number of nitrogens with zero attached hydrogens (tertiary/aromatic N) is 4. The molecule has 3 unspecified atom stereocenters. The molecule has 1 aromatic heterocycles. The zero-order valence-electron chi connectivity index (χ0n) is 18.7. The van der Waals surface area contributed by atoms with Crippen LogP contribution in [0.4, 0.5) is 4.39 Å². The third-order valence-electron chi connectivity index (χ3n) is 7.09. The Kier molecular flexibility index (Phi) is 6.50. The van der Waals surface area contributed by atoms with Gasteiger partial charge in [0, 0.05) is 49.3 Å². The van der Waals surface area contributed by atoms with Crippen molar-refractivity contribution in [2.24, 2.45) is 0 Å². The molecule has 1 amide bonds. The standard InChI is InChI=1S/C24H27ClFN5O3/c25-14-10-28-23(29-11-14)20-12-30(13-21(20)27)24(33)19-4-1-15(26)7-22(19)34-18-8-16-2-3-17(9-18)31(16)5-6-32/h1,4,7,10-11,16-18,20,27,32H,2-3,5-6,8-9,12-13H2. The number of amides is 1. The molecule has 3 saturated heterocycles. The summed E-state index contributed by atoms with van der Waals surface area (Å²) in [4.78, 5) is 25.7. The maximum Gasteiger partial charge on any atom is 0.257 e. The fourth-order valence-corrected chi connectivity index (χ4v) is 5.62. The minimum atomic E-state index is -0.464. The van der Waals surface area contributed by atoms with E-state index in [1.165, 1.54) is 30.6 Å². The van der Waals surface area contributed by atoms with E-state index in [1.54, 1.807) is 4.90 Å². The second kappa shape index (κ2) is 9.56. The fraction of sp³-hybridized carbons (Fsp3) is 0.500. The Morgan fingerprint density at radius 1 is 1.24 bits per heavy atom. The third-order valence-corrected chi connectivity index (χ3v) is 7.29. The van der Waals surface area contributed by atoms with E-state index in [0.717, 1.165) is 25.7 Å². The number of aliphatic hydroxyl groups is 1. The minimum absolute atomic E-state index is 0.118. The maximum atomic E-state index is 14.1. The molecule has 2 bridgehead atoms. The van der Waals surface area contributed by atoms with Crippen LogP contribution in [0.1, 0.15) is 47.8 Å². The zero-order valence-corrected chi connectivity index (χ0v) is 19.4. The van der Waals surface area contributed by atoms with E-state index >= 15 is 0 Å². The van der Waals surface area contributed by atoms with Crippen molar-refractivity contribution < 1.29 is 19.0 Å². The highest BCUT2D eigenvalue weighted by atomic mass is 35.5. The first kappa shape index (κ1) is 23.1. The van der Waals surface area contributed by atoms with E-state index in [9.17, 15) is 14.3 Å². The molecule has 3 aliphatic rings. The van der Waals surface area contributed by atoms with Gasteiger partial charge in [0.2, 0.25) is 0 Å². The number of hydrogen-bond donors (Lipinski definition) is 2. The van der Waals surface area contributed by atoms with Crippen molar-refractivity contribution in [3.8, 4) is 5.75 Å². The van der Waals surface area contributed by atoms with Crippen LogP contribution in [0, 0.1) is 11.2 Å². The smallest absolute Gasteiger partial charge is 0.257 e. The number of piperidine rings is 1. The van der Waals surface area contributed by atoms with Crippen molar-refractivity contribution in [3.63, 3.8) is 0 Å². The molecule has 0 radical (unpaired) electrons. The summed E-state index contributed by atoms with van der Waals surface area (Å²) in [5, 5.41) is 18.1. The van der Waals surface area contributed by atoms with Crippen LogP contribution in [0.25, 0.3) is 0 Å². The summed E-state index contributed by atoms with van der Waals surface area (Å²) >= 11 is 5.87. The van der Waals surface area contributed by atoms with Crippen molar-refractivity contribution >= 4 is 23.2 Å². The lowest BCUT2D eigenvalue weighted by Crippen LogP contribution is -2.47. The van der Waals surface area contributed by atoms with E-state index in [-0.39, 0.29) is 43.0 Å². The van der Waals surface area contributed by atoms with Crippen LogP contribution in [-0.4, -0.2) is 80.9 Å². The van der Waals surface area contributed by atoms with E-state index < -0.39 is 11.7 Å². The molecule has 5 rings (SSSR count). The van der Waals surface area contributed by atoms with Crippen molar-refractivity contribution in [3.05, 3.63) is 52.8 Å². The predicted octanol–water partition coefficient (Wildman–Crippen LogP) is 2.89. The molecule has 1 aromatic carbocycles. The van der Waals surface area contributed by atoms with Gasteiger partial charge in [0.05, 0.1) is 29.7 Å². The molecule has 4 heterocycles. The molecule has 2 N–H and O–H groups in total. The Morgan fingerprint density at radius 2 is 1.94 bits per heavy atom. The fourth-order valence-electron chi connectivity index (χ4n) is 5.53. The number of aliphatic hydroxyl groups excluding tert-OH is 1. The number of carbonyl (C=O) groups excluding carboxylic acids is 1. The third kappa shape index (κ3) is 4.52. The molecule has 2 aromatic rings. The Labute approximate surface area is 202 Å². The lowest BCUT2D eigenvalue weighted by atomic mass is 9.99. The highest BCUT2D eigenvalue weighted by Gasteiger charge is 2.42. The summed E-state index contributed by atoms with van der Waals surface area (Å²) in [5.74, 6) is -0.489. The largest absolute Gasteiger partial charge is 0.489 e. The van der Waals surface area contributed by atoms with Crippen LogP contribution < -0.4 is 4.74 Å². The Morgan fingerprint density at radius 3 is 2.62 bits per heavy atom. The van der Waals surface area contributed by atoms with Gasteiger partial charge in [-0.2, -0.15) is 0 Å². The highest BCUT2D eigenvalue weighted by molar-refractivity contribution is 6.30. The van der Waals surface area contributed by atoms with Gasteiger partial charge < -0.3 is 20.2 Å². The lowest BCUT2D eigenvalue weighted by molar-refractivity contribution is 0.0382. The SMILES string of the molecule is N=C1CN(C(=O)c2ccc(F)cc2OC2CC3CCC(C2)N3CCO)CC1c1ncc(Cl)cn1. The summed E-state index contributed by atoms with van der Waals surface area (Å²) in [6.07, 6.45) is 6.52. The van der Waals surface area contributed by atoms with Crippen molar-refractivity contribution in [2.45, 2.75) is 49.8 Å². The quantitative estimate of drug-likeness (QED) is 0.649. The summed E-state index contributed by atoms with van der Waals surface area (Å²) in [6.45, 7) is 1.20. The number of carbonyl (C=O) groups is 1. The van der Waals surface area contributed by atoms with Crippen LogP contribution in [0.15, 0.2) is 30.6 Å². The lowest BCUT2D eigenvalue weighted by Gasteiger charge is -2.38. The van der Waals surface area contributed by atoms with Crippen LogP contribution in [0.5, 0.6) is 5.75 Å². The van der Waals surface area contributed by atoms with Gasteiger partial charge in [-0.25, -0.2) is 14.4 Å². The van der Waals surface area contributed by atoms with Gasteiger partial charge in [-0.3, -0.25) is 9.69 Å². The van der Waals surface area contributed by atoms with Gasteiger partial charge in [-0.15, -0.1) is 0 Å². The summed E-state index contributed by atoms with van der Waals surface area (Å²) in [7, 11) is 0. The van der Waals surface area contributed by atoms with Gasteiger partial charge >= 0.3 is 0 Å². The number of rotatable bonds is 6. The van der Waals surface area contributed by atoms with Crippen LogP contribution in [-0.2, 0) is 0 Å². The zero-order chi connectivity index (χ0) is 23.8. The van der Waals surface area contributed by atoms with Gasteiger partial charge in [-0.05, 0) is 37.8 Å². The molecule has 180 valence electrons. The van der Waals surface area contributed by atoms with Crippen molar-refractivity contribution in [2.75, 3.05) is 26.2 Å². The van der Waals surface area contributed by atoms with E-state index in [0.29, 0.717) is 35.2 Å². The molecule has 3 aliphatic heterocycles. The van der Waals surface area contributed by atoms with Crippen LogP contribution >= 0.6 is 11.6 Å². The Balaban J connectivity index is 1.32. The van der Waals surface area contributed by atoms with Gasteiger partial charge in [0.15, 0.2) is 0 Å². The molecule has 3 atom stereocenters. The van der Waals surface area contributed by atoms with E-state index in [4.69, 9.17) is 21.7 Å². The van der Waals surface area contributed by atoms with Crippen LogP contribution in [0.3, 0.4) is 0 Å². The van der Waals surface area contributed by atoms with E-state index in [1.807, 2.05) is 0 Å². The second-order valence-corrected chi connectivity index (χ2v) is 9.66. The first-order valence-corrected chi connectivity index (χ1v) is 12.0. The summed E-state index contributed by atoms with van der Waals surface area (Å²) in [5.41, 5.74) is 0.630. The Bertz CT molecular complexity index is 1070. The van der Waals surface area contributed by atoms with Crippen molar-refractivity contribution in [1.29, 1.82) is 5.41 Å². The van der Waals surface area contributed by atoms with Gasteiger partial charge in [0.25, 0.3) is 5.91 Å². The Hall–Kier alpha value is -2.62. The number of aromatic nitrogens is 2. The second-order valence-electron chi connectivity index (χ2n) is 9.22. The molecular formula is C24H27ClFN5O3. The minimum Gasteiger partial charge on any atom is -0.489 e. The number of ether oxygens (including phenoxy) is 1. The number of hydrogen-bond acceptors (Lipinski definition) is 7. The first-order chi connectivity index (χ1) is 16.4. The van der Waals surface area contributed by atoms with Gasteiger partial charge in [0.1, 0.15) is 23.5 Å². The first-order valence-electron chi connectivity index (χ1n) is 11.6. The monoisotopic (exact) mass is 487 g/mol. The number of likely N-dealkylation sites (tertiary alicyclic amines) is 1. The summed E-state index contributed by atoms with van der Waals surface area (Å²) in [6, 6.07) is 4.66. The molecule has 8 nitrogen and oxygen atoms in total. The molecule has 0 saturated carbocycles. The topological polar surface area (TPSA) is 103 Å². The highest BCUT2D eigenvalue weighted by Crippen LogP contribution is 2.38. The number of nitrogens with one attached hydrogen (secondary N) is 1. The molecule has 0 spiro atoms. The normalized spacial score (nSPS) is 26.8. The average Bonchev–Trinajstić information content (AvgIpc) is 3.30. The number of halogens is 2. The van der Waals surface area contributed by atoms with E-state index in [2.05, 4.69) is 14.9 Å². The van der Waals surface area contributed by atoms with Crippen LogP contribution in [0.2, 0.25) is 5.02 Å². The number of benzene rings is 1. The molecule has 0 aliphatic carbocycles. The van der Waals surface area contributed by atoms with Gasteiger partial charge in [-0.1, -0.05) is 11.6 Å². The molecule has 3 fully saturated rings. The molecule has 34 heavy (non-hydrogen) atoms. The summed E-state index contributed by atoms with van der Waals surface area (Å²) < 4.78 is 20.4.